The third-order valence-electron chi connectivity index (χ3n) is 7.33. The van der Waals surface area contributed by atoms with Crippen molar-refractivity contribution in [1.82, 2.24) is 15.5 Å². The van der Waals surface area contributed by atoms with Crippen molar-refractivity contribution in [3.63, 3.8) is 0 Å². The molecule has 1 saturated carbocycles. The lowest BCUT2D eigenvalue weighted by Gasteiger charge is -2.39. The van der Waals surface area contributed by atoms with Gasteiger partial charge in [0, 0.05) is 17.6 Å². The van der Waals surface area contributed by atoms with Crippen LogP contribution in [0.25, 0.3) is 0 Å². The van der Waals surface area contributed by atoms with Gasteiger partial charge in [0.2, 0.25) is 17.7 Å². The molecule has 230 valence electrons. The van der Waals surface area contributed by atoms with Crippen molar-refractivity contribution in [2.45, 2.75) is 130 Å². The second-order valence-corrected chi connectivity index (χ2v) is 12.7. The molecule has 1 aliphatic carbocycles. The van der Waals surface area contributed by atoms with Gasteiger partial charge in [-0.15, -0.1) is 0 Å². The van der Waals surface area contributed by atoms with E-state index in [-0.39, 0.29) is 17.4 Å². The first-order chi connectivity index (χ1) is 19.1. The number of nitrogens with two attached hydrogens (primary N) is 1. The second-order valence-electron chi connectivity index (χ2n) is 12.7. The molecule has 0 heterocycles. The van der Waals surface area contributed by atoms with Crippen molar-refractivity contribution in [3.8, 4) is 5.75 Å². The van der Waals surface area contributed by atoms with Gasteiger partial charge in [-0.05, 0) is 71.8 Å². The number of carbonyl (C=O) groups excluding carboxylic acids is 4. The van der Waals surface area contributed by atoms with E-state index in [1.165, 1.54) is 4.90 Å². The van der Waals surface area contributed by atoms with Gasteiger partial charge in [-0.3, -0.25) is 14.4 Å². The van der Waals surface area contributed by atoms with Crippen LogP contribution >= 0.6 is 0 Å². The minimum atomic E-state index is -1.37. The Morgan fingerprint density at radius 3 is 2.27 bits per heavy atom. The molecule has 3 atom stereocenters. The zero-order valence-corrected chi connectivity index (χ0v) is 25.8. The van der Waals surface area contributed by atoms with Crippen LogP contribution in [0.15, 0.2) is 18.2 Å². The van der Waals surface area contributed by atoms with Crippen LogP contribution in [-0.2, 0) is 19.1 Å². The predicted molar refractivity (Wildman–Crippen MR) is 158 cm³/mol. The Labute approximate surface area is 244 Å². The van der Waals surface area contributed by atoms with Crippen LogP contribution in [0.4, 0.5) is 4.79 Å². The molecule has 0 bridgehead atoms. The summed E-state index contributed by atoms with van der Waals surface area (Å²) in [5, 5.41) is 16.8. The van der Waals surface area contributed by atoms with Gasteiger partial charge in [0.1, 0.15) is 23.4 Å². The lowest BCUT2D eigenvalue weighted by molar-refractivity contribution is -0.146. The Bertz CT molecular complexity index is 1060. The molecule has 1 aliphatic rings. The molecule has 0 radical (unpaired) electrons. The number of alkyl carbamates (subject to hydrolysis) is 1. The quantitative estimate of drug-likeness (QED) is 0.286. The van der Waals surface area contributed by atoms with E-state index in [0.717, 1.165) is 38.5 Å². The fourth-order valence-electron chi connectivity index (χ4n) is 5.19. The van der Waals surface area contributed by atoms with E-state index in [4.69, 9.17) is 10.5 Å². The Morgan fingerprint density at radius 1 is 1.07 bits per heavy atom. The smallest absolute Gasteiger partial charge is 0.408 e. The molecule has 5 N–H and O–H groups in total. The predicted octanol–water partition coefficient (Wildman–Crippen LogP) is 4.61. The number of nitrogens with zero attached hydrogens (tertiary/aromatic N) is 1. The molecule has 0 aromatic heterocycles. The summed E-state index contributed by atoms with van der Waals surface area (Å²) in [7, 11) is 0. The highest BCUT2D eigenvalue weighted by atomic mass is 16.6. The molecule has 4 amide bonds. The van der Waals surface area contributed by atoms with Crippen molar-refractivity contribution in [3.05, 3.63) is 29.3 Å². The largest absolute Gasteiger partial charge is 0.507 e. The molecule has 41 heavy (non-hydrogen) atoms. The van der Waals surface area contributed by atoms with E-state index in [2.05, 4.69) is 24.5 Å². The molecule has 10 nitrogen and oxygen atoms in total. The van der Waals surface area contributed by atoms with Crippen LogP contribution in [0.3, 0.4) is 0 Å². The summed E-state index contributed by atoms with van der Waals surface area (Å²) in [5.74, 6) is -1.63. The molecular formula is C31H50N4O6. The fraction of sp³-hybridized carbons (Fsp3) is 0.677. The highest BCUT2D eigenvalue weighted by Crippen LogP contribution is 2.35. The number of benzene rings is 1. The van der Waals surface area contributed by atoms with E-state index in [0.29, 0.717) is 17.9 Å². The van der Waals surface area contributed by atoms with Crippen LogP contribution in [-0.4, -0.2) is 57.5 Å². The lowest BCUT2D eigenvalue weighted by atomic mass is 9.93. The van der Waals surface area contributed by atoms with Crippen molar-refractivity contribution < 1.29 is 29.0 Å². The number of primary amides is 1. The molecule has 2 rings (SSSR count). The maximum Gasteiger partial charge on any atom is 0.408 e. The van der Waals surface area contributed by atoms with Gasteiger partial charge in [-0.1, -0.05) is 51.3 Å². The summed E-state index contributed by atoms with van der Waals surface area (Å²) in [6.45, 7) is 12.8. The molecule has 3 unspecified atom stereocenters. The average molecular weight is 575 g/mol. The normalized spacial score (nSPS) is 16.4. The van der Waals surface area contributed by atoms with E-state index >= 15 is 0 Å². The van der Waals surface area contributed by atoms with Crippen molar-refractivity contribution in [2.75, 3.05) is 0 Å². The number of phenolic OH excluding ortho intramolecular Hbond substituents is 1. The van der Waals surface area contributed by atoms with Gasteiger partial charge in [0.15, 0.2) is 0 Å². The first-order valence-corrected chi connectivity index (χ1v) is 14.8. The lowest BCUT2D eigenvalue weighted by Crippen LogP contribution is -2.57. The van der Waals surface area contributed by atoms with E-state index in [1.54, 1.807) is 45.9 Å². The summed E-state index contributed by atoms with van der Waals surface area (Å²) in [4.78, 5) is 54.6. The number of rotatable bonds is 12. The molecular weight excluding hydrogens is 524 g/mol. The summed E-state index contributed by atoms with van der Waals surface area (Å²) < 4.78 is 5.35. The van der Waals surface area contributed by atoms with E-state index < -0.39 is 54.0 Å². The number of hydrogen-bond acceptors (Lipinski definition) is 6. The minimum Gasteiger partial charge on any atom is -0.507 e. The van der Waals surface area contributed by atoms with E-state index in [1.807, 2.05) is 6.92 Å². The topological polar surface area (TPSA) is 151 Å². The Balaban J connectivity index is 2.62. The van der Waals surface area contributed by atoms with Crippen LogP contribution in [0.2, 0.25) is 0 Å². The number of ether oxygens (including phenoxy) is 1. The zero-order valence-electron chi connectivity index (χ0n) is 25.8. The summed E-state index contributed by atoms with van der Waals surface area (Å²) in [5.41, 5.74) is 5.49. The van der Waals surface area contributed by atoms with Crippen molar-refractivity contribution in [2.24, 2.45) is 11.7 Å². The Kier molecular flexibility index (Phi) is 12.5. The molecule has 0 saturated heterocycles. The summed E-state index contributed by atoms with van der Waals surface area (Å²) >= 11 is 0. The number of phenols is 1. The van der Waals surface area contributed by atoms with Crippen LogP contribution in [0, 0.1) is 12.8 Å². The number of hydrogen-bond donors (Lipinski definition) is 4. The van der Waals surface area contributed by atoms with Crippen LogP contribution in [0.1, 0.15) is 110 Å². The number of aryl methyl sites for hydroxylation is 1. The first-order valence-electron chi connectivity index (χ1n) is 14.8. The maximum absolute atomic E-state index is 14.4. The van der Waals surface area contributed by atoms with Crippen molar-refractivity contribution >= 4 is 23.8 Å². The molecule has 10 heteroatoms. The number of amides is 4. The van der Waals surface area contributed by atoms with Crippen LogP contribution < -0.4 is 16.4 Å². The zero-order chi connectivity index (χ0) is 30.9. The minimum absolute atomic E-state index is 0.0464. The number of aromatic hydroxyl groups is 1. The molecule has 1 fully saturated rings. The van der Waals surface area contributed by atoms with Crippen molar-refractivity contribution in [1.29, 1.82) is 0 Å². The number of para-hydroxylation sites is 1. The first kappa shape index (κ1) is 33.9. The average Bonchev–Trinajstić information content (AvgIpc) is 2.86. The van der Waals surface area contributed by atoms with Gasteiger partial charge in [-0.2, -0.15) is 0 Å². The highest BCUT2D eigenvalue weighted by molar-refractivity contribution is 5.95. The monoisotopic (exact) mass is 574 g/mol. The molecule has 1 aromatic rings. The fourth-order valence-corrected chi connectivity index (χ4v) is 5.19. The van der Waals surface area contributed by atoms with Gasteiger partial charge in [0.05, 0.1) is 6.42 Å². The Hall–Kier alpha value is -3.30. The number of nitrogens with one attached hydrogen (secondary N) is 2. The molecule has 1 aromatic carbocycles. The van der Waals surface area contributed by atoms with Crippen LogP contribution in [0.5, 0.6) is 5.75 Å². The highest BCUT2D eigenvalue weighted by Gasteiger charge is 2.41. The Morgan fingerprint density at radius 2 is 1.71 bits per heavy atom. The van der Waals surface area contributed by atoms with Gasteiger partial charge < -0.3 is 31.1 Å². The second kappa shape index (κ2) is 15.1. The van der Waals surface area contributed by atoms with Gasteiger partial charge in [-0.25, -0.2) is 4.79 Å². The third-order valence-corrected chi connectivity index (χ3v) is 7.33. The number of carbonyl (C=O) groups is 4. The maximum atomic E-state index is 14.4. The third kappa shape index (κ3) is 10.6. The SMILES string of the molecule is Cc1cccc(C(C(=O)NC2CCCCC2)N(C(=O)C(CC(N)=O)NC(=O)OC(C)(C)C)C(C)CCC(C)C)c1O. The molecule has 0 spiro atoms. The molecule has 0 aliphatic heterocycles. The summed E-state index contributed by atoms with van der Waals surface area (Å²) in [6.07, 6.45) is 4.73. The summed E-state index contributed by atoms with van der Waals surface area (Å²) in [6, 6.07) is 1.98. The van der Waals surface area contributed by atoms with E-state index in [9.17, 15) is 24.3 Å². The van der Waals surface area contributed by atoms with Gasteiger partial charge >= 0.3 is 6.09 Å². The standard InChI is InChI=1S/C31H50N4O6/c1-19(2)16-17-21(4)35(29(39)24(18-25(32)36)34-30(40)41-31(5,6)7)26(23-15-11-12-20(3)27(23)37)28(38)33-22-13-9-8-10-14-22/h11-12,15,19,21-22,24,26,37H,8-10,13-14,16-18H2,1-7H3,(H2,32,36)(H,33,38)(H,34,40). The van der Waals surface area contributed by atoms with Gasteiger partial charge in [0.25, 0.3) is 0 Å².